The van der Waals surface area contributed by atoms with Crippen LogP contribution in [0.2, 0.25) is 5.02 Å². The zero-order valence-corrected chi connectivity index (χ0v) is 11.3. The van der Waals surface area contributed by atoms with E-state index < -0.39 is 6.10 Å². The molecule has 0 radical (unpaired) electrons. The van der Waals surface area contributed by atoms with Crippen LogP contribution in [0.4, 0.5) is 5.69 Å². The van der Waals surface area contributed by atoms with Crippen molar-refractivity contribution in [2.45, 2.75) is 25.9 Å². The third-order valence-corrected chi connectivity index (χ3v) is 3.29. The number of hydrogen-bond donors (Lipinski definition) is 2. The molecular weight excluding hydrogens is 274 g/mol. The first-order valence-corrected chi connectivity index (χ1v) is 6.57. The molecule has 2 N–H and O–H groups in total. The van der Waals surface area contributed by atoms with E-state index in [1.54, 1.807) is 19.1 Å². The molecule has 1 unspecified atom stereocenters. The monoisotopic (exact) mass is 285 g/mol. The quantitative estimate of drug-likeness (QED) is 0.905. The first-order chi connectivity index (χ1) is 8.58. The van der Waals surface area contributed by atoms with Gasteiger partial charge in [-0.15, -0.1) is 0 Å². The van der Waals surface area contributed by atoms with Crippen LogP contribution < -0.4 is 5.32 Å². The second-order valence-electron chi connectivity index (χ2n) is 3.99. The number of benzene rings is 1. The Morgan fingerprint density at radius 1 is 1.56 bits per heavy atom. The summed E-state index contributed by atoms with van der Waals surface area (Å²) in [5, 5.41) is 12.3. The smallest absolute Gasteiger partial charge is 0.224 e. The maximum absolute atomic E-state index is 11.7. The molecule has 0 saturated carbocycles. The van der Waals surface area contributed by atoms with Crippen molar-refractivity contribution >= 4 is 46.0 Å². The number of aromatic nitrogens is 2. The molecule has 18 heavy (non-hydrogen) atoms. The Labute approximate surface area is 113 Å². The van der Waals surface area contributed by atoms with Crippen molar-refractivity contribution < 1.29 is 9.90 Å². The van der Waals surface area contributed by atoms with Crippen LogP contribution in [0.3, 0.4) is 0 Å². The fourth-order valence-corrected chi connectivity index (χ4v) is 2.23. The molecule has 7 heteroatoms. The Morgan fingerprint density at radius 3 is 3.06 bits per heavy atom. The highest BCUT2D eigenvalue weighted by Gasteiger charge is 2.13. The summed E-state index contributed by atoms with van der Waals surface area (Å²) in [7, 11) is 0. The first kappa shape index (κ1) is 13.2. The number of nitrogens with one attached hydrogen (secondary N) is 1. The second-order valence-corrected chi connectivity index (χ2v) is 4.93. The van der Waals surface area contributed by atoms with Gasteiger partial charge in [-0.1, -0.05) is 11.6 Å². The van der Waals surface area contributed by atoms with Gasteiger partial charge in [-0.2, -0.15) is 8.75 Å². The number of aliphatic hydroxyl groups is 1. The zero-order chi connectivity index (χ0) is 13.1. The van der Waals surface area contributed by atoms with Crippen molar-refractivity contribution in [3.05, 3.63) is 17.2 Å². The number of carbonyl (C=O) groups is 1. The van der Waals surface area contributed by atoms with Crippen LogP contribution in [0.5, 0.6) is 0 Å². The van der Waals surface area contributed by atoms with E-state index in [1.165, 1.54) is 0 Å². The molecule has 0 aliphatic heterocycles. The Kier molecular flexibility index (Phi) is 4.11. The summed E-state index contributed by atoms with van der Waals surface area (Å²) >= 11 is 7.11. The van der Waals surface area contributed by atoms with Crippen molar-refractivity contribution in [1.82, 2.24) is 8.75 Å². The molecular formula is C11H12ClN3O2S. The van der Waals surface area contributed by atoms with E-state index in [0.717, 1.165) is 11.7 Å². The van der Waals surface area contributed by atoms with Crippen molar-refractivity contribution in [3.8, 4) is 0 Å². The molecule has 0 saturated heterocycles. The lowest BCUT2D eigenvalue weighted by atomic mass is 10.2. The summed E-state index contributed by atoms with van der Waals surface area (Å²) in [6, 6.07) is 3.43. The molecule has 0 aliphatic rings. The Hall–Kier alpha value is -1.24. The number of rotatable bonds is 4. The van der Waals surface area contributed by atoms with Gasteiger partial charge in [-0.25, -0.2) is 0 Å². The van der Waals surface area contributed by atoms with Crippen LogP contribution in [0, 0.1) is 0 Å². The minimum Gasteiger partial charge on any atom is -0.393 e. The fraction of sp³-hybridized carbons (Fsp3) is 0.364. The molecule has 1 amide bonds. The highest BCUT2D eigenvalue weighted by molar-refractivity contribution is 7.00. The van der Waals surface area contributed by atoms with Crippen LogP contribution in [0.15, 0.2) is 12.1 Å². The van der Waals surface area contributed by atoms with E-state index in [-0.39, 0.29) is 12.3 Å². The molecule has 1 aromatic heterocycles. The average molecular weight is 286 g/mol. The maximum atomic E-state index is 11.7. The molecule has 5 nitrogen and oxygen atoms in total. The maximum Gasteiger partial charge on any atom is 0.224 e. The fourth-order valence-electron chi connectivity index (χ4n) is 1.49. The van der Waals surface area contributed by atoms with E-state index in [1.807, 2.05) is 0 Å². The summed E-state index contributed by atoms with van der Waals surface area (Å²) in [6.45, 7) is 1.64. The van der Waals surface area contributed by atoms with Crippen LogP contribution >= 0.6 is 23.3 Å². The largest absolute Gasteiger partial charge is 0.393 e. The van der Waals surface area contributed by atoms with Gasteiger partial charge in [0.2, 0.25) is 5.91 Å². The predicted octanol–water partition coefficient (Wildman–Crippen LogP) is 2.44. The molecule has 0 bridgehead atoms. The lowest BCUT2D eigenvalue weighted by Crippen LogP contribution is -2.14. The van der Waals surface area contributed by atoms with Gasteiger partial charge < -0.3 is 10.4 Å². The van der Waals surface area contributed by atoms with Crippen molar-refractivity contribution in [2.75, 3.05) is 5.32 Å². The van der Waals surface area contributed by atoms with Crippen molar-refractivity contribution in [2.24, 2.45) is 0 Å². The number of halogens is 1. The normalized spacial score (nSPS) is 12.6. The van der Waals surface area contributed by atoms with Gasteiger partial charge in [0.1, 0.15) is 11.0 Å². The SMILES string of the molecule is CC(O)CCC(=O)Nc1c(Cl)ccc2nsnc12. The molecule has 0 spiro atoms. The third-order valence-electron chi connectivity index (χ3n) is 2.43. The van der Waals surface area contributed by atoms with Gasteiger partial charge >= 0.3 is 0 Å². The van der Waals surface area contributed by atoms with Crippen LogP contribution in [-0.4, -0.2) is 25.9 Å². The Morgan fingerprint density at radius 2 is 2.33 bits per heavy atom. The van der Waals surface area contributed by atoms with E-state index in [0.29, 0.717) is 28.2 Å². The van der Waals surface area contributed by atoms with E-state index in [4.69, 9.17) is 16.7 Å². The molecule has 2 rings (SSSR count). The summed E-state index contributed by atoms with van der Waals surface area (Å²) in [5.74, 6) is -0.196. The van der Waals surface area contributed by atoms with Gasteiger partial charge in [-0.05, 0) is 25.5 Å². The number of carbonyl (C=O) groups excluding carboxylic acids is 1. The average Bonchev–Trinajstić information content (AvgIpc) is 2.78. The van der Waals surface area contributed by atoms with Gasteiger partial charge in [0, 0.05) is 6.42 Å². The molecule has 1 heterocycles. The molecule has 96 valence electrons. The molecule has 0 aliphatic carbocycles. The topological polar surface area (TPSA) is 75.1 Å². The second kappa shape index (κ2) is 5.60. The number of nitrogens with zero attached hydrogens (tertiary/aromatic N) is 2. The summed E-state index contributed by atoms with van der Waals surface area (Å²) < 4.78 is 8.19. The lowest BCUT2D eigenvalue weighted by Gasteiger charge is -2.08. The number of fused-ring (bicyclic) bond motifs is 1. The lowest BCUT2D eigenvalue weighted by molar-refractivity contribution is -0.116. The van der Waals surface area contributed by atoms with Gasteiger partial charge in [-0.3, -0.25) is 4.79 Å². The number of aliphatic hydroxyl groups excluding tert-OH is 1. The van der Waals surface area contributed by atoms with Gasteiger partial charge in [0.15, 0.2) is 0 Å². The highest BCUT2D eigenvalue weighted by atomic mass is 35.5. The minimum atomic E-state index is -0.497. The third kappa shape index (κ3) is 2.95. The summed E-state index contributed by atoms with van der Waals surface area (Å²) in [4.78, 5) is 11.7. The summed E-state index contributed by atoms with van der Waals surface area (Å²) in [5.41, 5.74) is 1.78. The van der Waals surface area contributed by atoms with Crippen LogP contribution in [0.25, 0.3) is 11.0 Å². The predicted molar refractivity (Wildman–Crippen MR) is 72.0 cm³/mol. The highest BCUT2D eigenvalue weighted by Crippen LogP contribution is 2.30. The van der Waals surface area contributed by atoms with E-state index in [2.05, 4.69) is 14.1 Å². The molecule has 2 aromatic rings. The van der Waals surface area contributed by atoms with E-state index in [9.17, 15) is 4.79 Å². The molecule has 1 atom stereocenters. The van der Waals surface area contributed by atoms with Crippen molar-refractivity contribution in [3.63, 3.8) is 0 Å². The Bertz CT molecular complexity index is 570. The minimum absolute atomic E-state index is 0.196. The van der Waals surface area contributed by atoms with Gasteiger partial charge in [0.25, 0.3) is 0 Å². The van der Waals surface area contributed by atoms with Crippen LogP contribution in [-0.2, 0) is 4.79 Å². The number of hydrogen-bond acceptors (Lipinski definition) is 5. The van der Waals surface area contributed by atoms with Gasteiger partial charge in [0.05, 0.1) is 28.5 Å². The standard InChI is InChI=1S/C11H12ClN3O2S/c1-6(16)2-5-9(17)13-10-7(12)3-4-8-11(10)15-18-14-8/h3-4,6,16H,2,5H2,1H3,(H,13,17). The molecule has 0 fully saturated rings. The van der Waals surface area contributed by atoms with E-state index >= 15 is 0 Å². The van der Waals surface area contributed by atoms with Crippen LogP contribution in [0.1, 0.15) is 19.8 Å². The Balaban J connectivity index is 2.18. The first-order valence-electron chi connectivity index (χ1n) is 5.46. The summed E-state index contributed by atoms with van der Waals surface area (Å²) in [6.07, 6.45) is 0.152. The number of amides is 1. The number of anilines is 1. The zero-order valence-electron chi connectivity index (χ0n) is 9.68. The van der Waals surface area contributed by atoms with Crippen molar-refractivity contribution in [1.29, 1.82) is 0 Å². The molecule has 1 aromatic carbocycles.